The van der Waals surface area contributed by atoms with Crippen molar-refractivity contribution in [2.24, 2.45) is 0 Å². The smallest absolute Gasteiger partial charge is 0.223 e. The van der Waals surface area contributed by atoms with E-state index in [-0.39, 0.29) is 11.7 Å². The largest absolute Gasteiger partial charge is 0.340 e. The Morgan fingerprint density at radius 2 is 1.85 bits per heavy atom. The third-order valence-electron chi connectivity index (χ3n) is 4.22. The first-order valence-electron chi connectivity index (χ1n) is 7.74. The number of carbonyl (C=O) groups excluding carboxylic acids is 1. The van der Waals surface area contributed by atoms with Gasteiger partial charge in [-0.05, 0) is 43.9 Å². The summed E-state index contributed by atoms with van der Waals surface area (Å²) in [6.45, 7) is 2.86. The molecule has 1 saturated carbocycles. The van der Waals surface area contributed by atoms with Crippen molar-refractivity contribution in [3.05, 3.63) is 35.6 Å². The molecule has 1 aliphatic rings. The maximum atomic E-state index is 12.8. The number of benzene rings is 1. The lowest BCUT2D eigenvalue weighted by molar-refractivity contribution is -0.133. The molecule has 0 saturated heterocycles. The van der Waals surface area contributed by atoms with Gasteiger partial charge in [0.1, 0.15) is 5.82 Å². The van der Waals surface area contributed by atoms with Crippen LogP contribution >= 0.6 is 0 Å². The fraction of sp³-hybridized carbons (Fsp3) is 0.588. The summed E-state index contributed by atoms with van der Waals surface area (Å²) in [5, 5.41) is 0. The molecule has 1 aliphatic carbocycles. The van der Waals surface area contributed by atoms with Crippen LogP contribution in [0.3, 0.4) is 0 Å². The standard InChI is InChI=1S/C17H24FNO/c1-2-19(16-6-4-3-5-7-16)17(20)13-10-14-8-11-15(18)12-9-14/h8-9,11-12,16H,2-7,10,13H2,1H3. The van der Waals surface area contributed by atoms with Crippen molar-refractivity contribution in [1.29, 1.82) is 0 Å². The molecule has 2 rings (SSSR count). The zero-order chi connectivity index (χ0) is 14.4. The summed E-state index contributed by atoms with van der Waals surface area (Å²) in [5.41, 5.74) is 1.03. The zero-order valence-electron chi connectivity index (χ0n) is 12.3. The zero-order valence-corrected chi connectivity index (χ0v) is 12.3. The van der Waals surface area contributed by atoms with Gasteiger partial charge in [-0.2, -0.15) is 0 Å². The van der Waals surface area contributed by atoms with Crippen LogP contribution in [0.2, 0.25) is 0 Å². The van der Waals surface area contributed by atoms with Gasteiger partial charge in [-0.1, -0.05) is 31.4 Å². The SMILES string of the molecule is CCN(C(=O)CCc1ccc(F)cc1)C1CCCCC1. The highest BCUT2D eigenvalue weighted by atomic mass is 19.1. The van der Waals surface area contributed by atoms with Crippen LogP contribution in [0.5, 0.6) is 0 Å². The molecule has 1 fully saturated rings. The van der Waals surface area contributed by atoms with E-state index in [9.17, 15) is 9.18 Å². The van der Waals surface area contributed by atoms with E-state index >= 15 is 0 Å². The van der Waals surface area contributed by atoms with E-state index in [1.807, 2.05) is 4.90 Å². The van der Waals surface area contributed by atoms with E-state index < -0.39 is 0 Å². The molecule has 0 bridgehead atoms. The van der Waals surface area contributed by atoms with Crippen molar-refractivity contribution in [1.82, 2.24) is 4.90 Å². The first-order valence-corrected chi connectivity index (χ1v) is 7.74. The molecule has 0 atom stereocenters. The van der Waals surface area contributed by atoms with Crippen molar-refractivity contribution in [3.63, 3.8) is 0 Å². The summed E-state index contributed by atoms with van der Waals surface area (Å²) >= 11 is 0. The Hall–Kier alpha value is -1.38. The van der Waals surface area contributed by atoms with Crippen LogP contribution in [0.15, 0.2) is 24.3 Å². The van der Waals surface area contributed by atoms with Gasteiger partial charge >= 0.3 is 0 Å². The van der Waals surface area contributed by atoms with Crippen LogP contribution in [-0.2, 0) is 11.2 Å². The topological polar surface area (TPSA) is 20.3 Å². The molecule has 1 aromatic rings. The van der Waals surface area contributed by atoms with Gasteiger partial charge < -0.3 is 4.90 Å². The van der Waals surface area contributed by atoms with Crippen molar-refractivity contribution in [3.8, 4) is 0 Å². The summed E-state index contributed by atoms with van der Waals surface area (Å²) in [4.78, 5) is 14.4. The molecular formula is C17H24FNO. The van der Waals surface area contributed by atoms with Crippen LogP contribution in [0.1, 0.15) is 51.0 Å². The second-order valence-corrected chi connectivity index (χ2v) is 5.60. The van der Waals surface area contributed by atoms with Crippen molar-refractivity contribution >= 4 is 5.91 Å². The van der Waals surface area contributed by atoms with Gasteiger partial charge in [-0.15, -0.1) is 0 Å². The molecule has 0 N–H and O–H groups in total. The predicted octanol–water partition coefficient (Wildman–Crippen LogP) is 3.94. The molecule has 0 radical (unpaired) electrons. The molecule has 3 heteroatoms. The maximum absolute atomic E-state index is 12.8. The highest BCUT2D eigenvalue weighted by molar-refractivity contribution is 5.76. The average Bonchev–Trinajstić information content (AvgIpc) is 2.48. The summed E-state index contributed by atoms with van der Waals surface area (Å²) in [6.07, 6.45) is 7.31. The van der Waals surface area contributed by atoms with Gasteiger partial charge in [0, 0.05) is 19.0 Å². The molecule has 0 spiro atoms. The van der Waals surface area contributed by atoms with Crippen molar-refractivity contribution in [2.45, 2.75) is 57.9 Å². The molecule has 0 unspecified atom stereocenters. The Morgan fingerprint density at radius 3 is 2.45 bits per heavy atom. The van der Waals surface area contributed by atoms with Crippen LogP contribution in [-0.4, -0.2) is 23.4 Å². The van der Waals surface area contributed by atoms with E-state index in [2.05, 4.69) is 6.92 Å². The molecule has 1 aromatic carbocycles. The normalized spacial score (nSPS) is 16.1. The summed E-state index contributed by atoms with van der Waals surface area (Å²) in [5.74, 6) is 0.0150. The summed E-state index contributed by atoms with van der Waals surface area (Å²) < 4.78 is 12.8. The van der Waals surface area contributed by atoms with Gasteiger partial charge in [0.05, 0.1) is 0 Å². The van der Waals surface area contributed by atoms with Gasteiger partial charge in [0.25, 0.3) is 0 Å². The Morgan fingerprint density at radius 1 is 1.20 bits per heavy atom. The average molecular weight is 277 g/mol. The van der Waals surface area contributed by atoms with Crippen molar-refractivity contribution in [2.75, 3.05) is 6.54 Å². The first-order chi connectivity index (χ1) is 9.70. The second kappa shape index (κ2) is 7.41. The first kappa shape index (κ1) is 15.0. The van der Waals surface area contributed by atoms with Crippen LogP contribution < -0.4 is 0 Å². The van der Waals surface area contributed by atoms with Crippen LogP contribution in [0.4, 0.5) is 4.39 Å². The van der Waals surface area contributed by atoms with E-state index in [0.29, 0.717) is 18.9 Å². The Balaban J connectivity index is 1.87. The number of aryl methyl sites for hydroxylation is 1. The minimum absolute atomic E-state index is 0.225. The molecule has 1 amide bonds. The molecule has 110 valence electrons. The second-order valence-electron chi connectivity index (χ2n) is 5.60. The molecule has 20 heavy (non-hydrogen) atoms. The van der Waals surface area contributed by atoms with Crippen LogP contribution in [0, 0.1) is 5.82 Å². The third-order valence-corrected chi connectivity index (χ3v) is 4.22. The van der Waals surface area contributed by atoms with Crippen LogP contribution in [0.25, 0.3) is 0 Å². The van der Waals surface area contributed by atoms with E-state index in [1.54, 1.807) is 12.1 Å². The minimum atomic E-state index is -0.225. The number of rotatable bonds is 5. The number of hydrogen-bond acceptors (Lipinski definition) is 1. The quantitative estimate of drug-likeness (QED) is 0.798. The lowest BCUT2D eigenvalue weighted by Gasteiger charge is -2.33. The molecule has 0 aromatic heterocycles. The van der Waals surface area contributed by atoms with Gasteiger partial charge in [0.2, 0.25) is 5.91 Å². The Bertz CT molecular complexity index is 423. The fourth-order valence-electron chi connectivity index (χ4n) is 3.08. The lowest BCUT2D eigenvalue weighted by atomic mass is 9.94. The van der Waals surface area contributed by atoms with Gasteiger partial charge in [0.15, 0.2) is 0 Å². The number of nitrogens with zero attached hydrogens (tertiary/aromatic N) is 1. The number of hydrogen-bond donors (Lipinski definition) is 0. The van der Waals surface area contributed by atoms with E-state index in [4.69, 9.17) is 0 Å². The van der Waals surface area contributed by atoms with E-state index in [1.165, 1.54) is 31.4 Å². The summed E-state index contributed by atoms with van der Waals surface area (Å²) in [6, 6.07) is 6.88. The third kappa shape index (κ3) is 4.06. The lowest BCUT2D eigenvalue weighted by Crippen LogP contribution is -2.41. The number of halogens is 1. The van der Waals surface area contributed by atoms with Crippen molar-refractivity contribution < 1.29 is 9.18 Å². The number of carbonyl (C=O) groups is 1. The summed E-state index contributed by atoms with van der Waals surface area (Å²) in [7, 11) is 0. The predicted molar refractivity (Wildman–Crippen MR) is 79.0 cm³/mol. The molecule has 2 nitrogen and oxygen atoms in total. The Kier molecular flexibility index (Phi) is 5.57. The minimum Gasteiger partial charge on any atom is -0.340 e. The molecule has 0 heterocycles. The maximum Gasteiger partial charge on any atom is 0.223 e. The Labute approximate surface area is 121 Å². The number of amides is 1. The monoisotopic (exact) mass is 277 g/mol. The molecule has 0 aliphatic heterocycles. The highest BCUT2D eigenvalue weighted by Gasteiger charge is 2.23. The molecular weight excluding hydrogens is 253 g/mol. The van der Waals surface area contributed by atoms with Gasteiger partial charge in [-0.3, -0.25) is 4.79 Å². The van der Waals surface area contributed by atoms with Gasteiger partial charge in [-0.25, -0.2) is 4.39 Å². The van der Waals surface area contributed by atoms with E-state index in [0.717, 1.165) is 24.9 Å². The fourth-order valence-corrected chi connectivity index (χ4v) is 3.08. The highest BCUT2D eigenvalue weighted by Crippen LogP contribution is 2.23.